The zero-order chi connectivity index (χ0) is 12.0. The number of hydrogen-bond acceptors (Lipinski definition) is 2. The van der Waals surface area contributed by atoms with Crippen molar-refractivity contribution in [1.82, 2.24) is 9.55 Å². The number of halogens is 1. The van der Waals surface area contributed by atoms with Crippen molar-refractivity contribution in [3.63, 3.8) is 0 Å². The van der Waals surface area contributed by atoms with Gasteiger partial charge in [0.15, 0.2) is 5.15 Å². The van der Waals surface area contributed by atoms with E-state index in [1.165, 1.54) is 24.0 Å². The van der Waals surface area contributed by atoms with E-state index in [4.69, 9.17) is 17.3 Å². The molecule has 88 valence electrons. The number of aryl methyl sites for hydroxylation is 2. The van der Waals surface area contributed by atoms with E-state index >= 15 is 0 Å². The second kappa shape index (κ2) is 3.77. The minimum atomic E-state index is 0.450. The van der Waals surface area contributed by atoms with E-state index in [0.717, 1.165) is 17.7 Å². The summed E-state index contributed by atoms with van der Waals surface area (Å²) >= 11 is 6.12. The summed E-state index contributed by atoms with van der Waals surface area (Å²) in [4.78, 5) is 4.09. The topological polar surface area (TPSA) is 43.8 Å². The molecule has 1 aliphatic rings. The van der Waals surface area contributed by atoms with E-state index in [1.807, 2.05) is 11.6 Å². The minimum Gasteiger partial charge on any atom is -0.369 e. The van der Waals surface area contributed by atoms with Crippen LogP contribution in [-0.4, -0.2) is 9.55 Å². The van der Waals surface area contributed by atoms with Crippen LogP contribution in [0.25, 0.3) is 11.3 Å². The minimum absolute atomic E-state index is 0.450. The fraction of sp³-hybridized carbons (Fsp3) is 0.308. The zero-order valence-electron chi connectivity index (χ0n) is 9.70. The molecule has 0 saturated carbocycles. The van der Waals surface area contributed by atoms with E-state index < -0.39 is 0 Å². The lowest BCUT2D eigenvalue weighted by atomic mass is 10.0. The van der Waals surface area contributed by atoms with Crippen LogP contribution < -0.4 is 5.73 Å². The third-order valence-corrected chi connectivity index (χ3v) is 3.72. The fourth-order valence-electron chi connectivity index (χ4n) is 2.51. The number of rotatable bonds is 1. The Morgan fingerprint density at radius 2 is 2.06 bits per heavy atom. The van der Waals surface area contributed by atoms with Crippen LogP contribution >= 0.6 is 11.6 Å². The first-order valence-electron chi connectivity index (χ1n) is 5.76. The standard InChI is InChI=1S/C13H14ClN3/c1-17-11(12(14)16-13(17)15)10-6-5-8-3-2-4-9(8)7-10/h5-7H,2-4H2,1H3,(H2,15,16). The monoisotopic (exact) mass is 247 g/mol. The summed E-state index contributed by atoms with van der Waals surface area (Å²) in [5.41, 5.74) is 10.6. The maximum atomic E-state index is 6.12. The molecule has 1 aromatic carbocycles. The third-order valence-electron chi connectivity index (χ3n) is 3.46. The average molecular weight is 248 g/mol. The highest BCUT2D eigenvalue weighted by atomic mass is 35.5. The number of aromatic nitrogens is 2. The van der Waals surface area contributed by atoms with Gasteiger partial charge in [0.05, 0.1) is 5.69 Å². The molecule has 0 amide bonds. The Kier molecular flexibility index (Phi) is 2.37. The largest absolute Gasteiger partial charge is 0.369 e. The Hall–Kier alpha value is -1.48. The second-order valence-corrected chi connectivity index (χ2v) is 4.86. The fourth-order valence-corrected chi connectivity index (χ4v) is 2.84. The third kappa shape index (κ3) is 1.62. The van der Waals surface area contributed by atoms with Crippen molar-refractivity contribution in [3.8, 4) is 11.3 Å². The van der Waals surface area contributed by atoms with Crippen LogP contribution in [0.15, 0.2) is 18.2 Å². The molecule has 4 heteroatoms. The molecule has 0 fully saturated rings. The number of hydrogen-bond donors (Lipinski definition) is 1. The van der Waals surface area contributed by atoms with Crippen LogP contribution in [0.4, 0.5) is 5.95 Å². The van der Waals surface area contributed by atoms with Crippen molar-refractivity contribution in [1.29, 1.82) is 0 Å². The second-order valence-electron chi connectivity index (χ2n) is 4.51. The number of nitrogen functional groups attached to an aromatic ring is 1. The van der Waals surface area contributed by atoms with Gasteiger partial charge in [-0.1, -0.05) is 23.7 Å². The number of benzene rings is 1. The molecule has 0 spiro atoms. The molecule has 0 radical (unpaired) electrons. The summed E-state index contributed by atoms with van der Waals surface area (Å²) in [5, 5.41) is 0.475. The van der Waals surface area contributed by atoms with Crippen molar-refractivity contribution in [2.75, 3.05) is 5.73 Å². The lowest BCUT2D eigenvalue weighted by Gasteiger charge is -2.07. The molecule has 2 aromatic rings. The van der Waals surface area contributed by atoms with Gasteiger partial charge in [0.1, 0.15) is 0 Å². The van der Waals surface area contributed by atoms with Crippen molar-refractivity contribution in [2.45, 2.75) is 19.3 Å². The molecule has 0 unspecified atom stereocenters. The van der Waals surface area contributed by atoms with Gasteiger partial charge in [-0.25, -0.2) is 4.98 Å². The number of fused-ring (bicyclic) bond motifs is 1. The predicted molar refractivity (Wildman–Crippen MR) is 70.1 cm³/mol. The van der Waals surface area contributed by atoms with Crippen molar-refractivity contribution >= 4 is 17.5 Å². The highest BCUT2D eigenvalue weighted by Gasteiger charge is 2.16. The first-order chi connectivity index (χ1) is 8.16. The van der Waals surface area contributed by atoms with Gasteiger partial charge in [-0.2, -0.15) is 0 Å². The molecule has 0 saturated heterocycles. The van der Waals surface area contributed by atoms with Gasteiger partial charge in [0.25, 0.3) is 0 Å². The summed E-state index contributed by atoms with van der Waals surface area (Å²) in [6, 6.07) is 6.51. The Labute approximate surface area is 105 Å². The summed E-state index contributed by atoms with van der Waals surface area (Å²) < 4.78 is 1.83. The Morgan fingerprint density at radius 1 is 1.29 bits per heavy atom. The summed E-state index contributed by atoms with van der Waals surface area (Å²) in [7, 11) is 1.89. The number of anilines is 1. The van der Waals surface area contributed by atoms with Crippen molar-refractivity contribution < 1.29 is 0 Å². The highest BCUT2D eigenvalue weighted by Crippen LogP contribution is 2.32. The molecule has 0 bridgehead atoms. The molecule has 1 heterocycles. The molecule has 2 N–H and O–H groups in total. The van der Waals surface area contributed by atoms with Gasteiger partial charge in [-0.3, -0.25) is 0 Å². The van der Waals surface area contributed by atoms with E-state index in [1.54, 1.807) is 0 Å². The van der Waals surface area contributed by atoms with Crippen molar-refractivity contribution in [3.05, 3.63) is 34.5 Å². The van der Waals surface area contributed by atoms with Gasteiger partial charge in [-0.15, -0.1) is 0 Å². The van der Waals surface area contributed by atoms with E-state index in [-0.39, 0.29) is 0 Å². The quantitative estimate of drug-likeness (QED) is 0.842. The summed E-state index contributed by atoms with van der Waals surface area (Å²) in [6.07, 6.45) is 3.60. The zero-order valence-corrected chi connectivity index (χ0v) is 10.5. The lowest BCUT2D eigenvalue weighted by molar-refractivity contribution is 0.911. The molecular weight excluding hydrogens is 234 g/mol. The maximum Gasteiger partial charge on any atom is 0.201 e. The van der Waals surface area contributed by atoms with E-state index in [0.29, 0.717) is 11.1 Å². The van der Waals surface area contributed by atoms with Crippen LogP contribution in [0.5, 0.6) is 0 Å². The maximum absolute atomic E-state index is 6.12. The molecule has 17 heavy (non-hydrogen) atoms. The predicted octanol–water partition coefficient (Wildman–Crippen LogP) is 2.81. The molecule has 3 rings (SSSR count). The van der Waals surface area contributed by atoms with Crippen LogP contribution in [0.2, 0.25) is 5.15 Å². The van der Waals surface area contributed by atoms with Gasteiger partial charge < -0.3 is 10.3 Å². The summed E-state index contributed by atoms with van der Waals surface area (Å²) in [5.74, 6) is 0.450. The smallest absolute Gasteiger partial charge is 0.201 e. The molecular formula is C13H14ClN3. The van der Waals surface area contributed by atoms with Crippen LogP contribution in [0.3, 0.4) is 0 Å². The van der Waals surface area contributed by atoms with Crippen LogP contribution in [-0.2, 0) is 19.9 Å². The van der Waals surface area contributed by atoms with E-state index in [9.17, 15) is 0 Å². The Morgan fingerprint density at radius 3 is 2.76 bits per heavy atom. The molecule has 0 aliphatic heterocycles. The van der Waals surface area contributed by atoms with E-state index in [2.05, 4.69) is 23.2 Å². The average Bonchev–Trinajstić information content (AvgIpc) is 2.84. The number of imidazole rings is 1. The van der Waals surface area contributed by atoms with Gasteiger partial charge in [0, 0.05) is 12.6 Å². The molecule has 3 nitrogen and oxygen atoms in total. The van der Waals surface area contributed by atoms with Gasteiger partial charge in [-0.05, 0) is 36.5 Å². The first-order valence-corrected chi connectivity index (χ1v) is 6.14. The molecule has 1 aromatic heterocycles. The number of nitrogens with zero attached hydrogens (tertiary/aromatic N) is 2. The van der Waals surface area contributed by atoms with Gasteiger partial charge >= 0.3 is 0 Å². The highest BCUT2D eigenvalue weighted by molar-refractivity contribution is 6.32. The Bertz CT molecular complexity index is 587. The normalized spacial score (nSPS) is 14.0. The molecule has 0 atom stereocenters. The van der Waals surface area contributed by atoms with Crippen LogP contribution in [0, 0.1) is 0 Å². The molecule has 1 aliphatic carbocycles. The Balaban J connectivity index is 2.15. The number of nitrogens with two attached hydrogens (primary N) is 1. The van der Waals surface area contributed by atoms with Crippen molar-refractivity contribution in [2.24, 2.45) is 7.05 Å². The lowest BCUT2D eigenvalue weighted by Crippen LogP contribution is -1.98. The van der Waals surface area contributed by atoms with Crippen LogP contribution in [0.1, 0.15) is 17.5 Å². The first kappa shape index (κ1) is 10.7. The SMILES string of the molecule is Cn1c(N)nc(Cl)c1-c1ccc2c(c1)CCC2. The van der Waals surface area contributed by atoms with Gasteiger partial charge in [0.2, 0.25) is 5.95 Å². The summed E-state index contributed by atoms with van der Waals surface area (Å²) in [6.45, 7) is 0.